The average Bonchev–Trinajstić information content (AvgIpc) is 3.23. The Hall–Kier alpha value is -2.77. The molecule has 0 bridgehead atoms. The SMILES string of the molecule is O=C(O)c1ccc2[nH]c(=O)n([C@H]3CCN(C(=O)c4ccc(Cl)cc4Cl)C3)c2c1. The number of fused-ring (bicyclic) bond motifs is 1. The van der Waals surface area contributed by atoms with Crippen molar-refractivity contribution in [1.82, 2.24) is 14.5 Å². The first-order chi connectivity index (χ1) is 13.3. The number of aromatic carboxylic acids is 1. The Morgan fingerprint density at radius 2 is 1.93 bits per heavy atom. The van der Waals surface area contributed by atoms with Crippen LogP contribution in [-0.2, 0) is 0 Å². The van der Waals surface area contributed by atoms with Crippen molar-refractivity contribution >= 4 is 46.1 Å². The number of aromatic amines is 1. The Morgan fingerprint density at radius 3 is 2.64 bits per heavy atom. The van der Waals surface area contributed by atoms with Crippen LogP contribution in [0.15, 0.2) is 41.2 Å². The van der Waals surface area contributed by atoms with E-state index < -0.39 is 5.97 Å². The first-order valence-corrected chi connectivity index (χ1v) is 9.32. The first kappa shape index (κ1) is 18.6. The van der Waals surface area contributed by atoms with Gasteiger partial charge in [0.25, 0.3) is 5.91 Å². The summed E-state index contributed by atoms with van der Waals surface area (Å²) in [6.07, 6.45) is 0.571. The topological polar surface area (TPSA) is 95.4 Å². The van der Waals surface area contributed by atoms with Crippen molar-refractivity contribution in [3.8, 4) is 0 Å². The summed E-state index contributed by atoms with van der Waals surface area (Å²) in [5.41, 5.74) is 1.18. The van der Waals surface area contributed by atoms with Crippen LogP contribution in [0.1, 0.15) is 33.2 Å². The first-order valence-electron chi connectivity index (χ1n) is 8.57. The van der Waals surface area contributed by atoms with Gasteiger partial charge in [-0.1, -0.05) is 23.2 Å². The number of amides is 1. The Labute approximate surface area is 169 Å². The molecule has 1 amide bonds. The van der Waals surface area contributed by atoms with Crippen molar-refractivity contribution in [1.29, 1.82) is 0 Å². The molecular weight excluding hydrogens is 405 g/mol. The normalized spacial score (nSPS) is 16.6. The van der Waals surface area contributed by atoms with E-state index in [1.807, 2.05) is 0 Å². The van der Waals surface area contributed by atoms with Gasteiger partial charge >= 0.3 is 11.7 Å². The summed E-state index contributed by atoms with van der Waals surface area (Å²) in [6.45, 7) is 0.780. The van der Waals surface area contributed by atoms with Gasteiger partial charge in [0.05, 0.1) is 33.2 Å². The Kier molecular flexibility index (Phi) is 4.64. The fraction of sp³-hybridized carbons (Fsp3) is 0.211. The number of carbonyl (C=O) groups excluding carboxylic acids is 1. The molecule has 144 valence electrons. The van der Waals surface area contributed by atoms with E-state index in [0.29, 0.717) is 41.1 Å². The second-order valence-corrected chi connectivity index (χ2v) is 7.50. The van der Waals surface area contributed by atoms with Crippen molar-refractivity contribution in [3.05, 3.63) is 68.1 Å². The number of H-pyrrole nitrogens is 1. The predicted molar refractivity (Wildman–Crippen MR) is 106 cm³/mol. The minimum atomic E-state index is -1.07. The summed E-state index contributed by atoms with van der Waals surface area (Å²) in [7, 11) is 0. The number of likely N-dealkylation sites (tertiary alicyclic amines) is 1. The molecule has 0 saturated carbocycles. The molecule has 1 aliphatic heterocycles. The molecule has 0 spiro atoms. The predicted octanol–water partition coefficient (Wildman–Crippen LogP) is 3.42. The second-order valence-electron chi connectivity index (χ2n) is 6.66. The van der Waals surface area contributed by atoms with Crippen molar-refractivity contribution < 1.29 is 14.7 Å². The van der Waals surface area contributed by atoms with E-state index in [1.165, 1.54) is 22.8 Å². The molecule has 2 N–H and O–H groups in total. The van der Waals surface area contributed by atoms with Crippen LogP contribution in [0.3, 0.4) is 0 Å². The van der Waals surface area contributed by atoms with E-state index in [1.54, 1.807) is 23.1 Å². The maximum absolute atomic E-state index is 12.8. The third-order valence-corrected chi connectivity index (χ3v) is 5.49. The molecular formula is C19H15Cl2N3O4. The molecule has 0 unspecified atom stereocenters. The highest BCUT2D eigenvalue weighted by Gasteiger charge is 2.31. The smallest absolute Gasteiger partial charge is 0.335 e. The highest BCUT2D eigenvalue weighted by atomic mass is 35.5. The van der Waals surface area contributed by atoms with Gasteiger partial charge in [-0.2, -0.15) is 0 Å². The van der Waals surface area contributed by atoms with E-state index in [9.17, 15) is 19.5 Å². The van der Waals surface area contributed by atoms with Crippen LogP contribution in [0.2, 0.25) is 10.0 Å². The molecule has 1 aliphatic rings. The lowest BCUT2D eigenvalue weighted by atomic mass is 10.2. The minimum absolute atomic E-state index is 0.0964. The quantitative estimate of drug-likeness (QED) is 0.679. The highest BCUT2D eigenvalue weighted by Crippen LogP contribution is 2.28. The monoisotopic (exact) mass is 419 g/mol. The van der Waals surface area contributed by atoms with Crippen molar-refractivity contribution in [2.24, 2.45) is 0 Å². The molecule has 3 aromatic rings. The molecule has 7 nitrogen and oxygen atoms in total. The average molecular weight is 420 g/mol. The second kappa shape index (κ2) is 7.00. The zero-order valence-electron chi connectivity index (χ0n) is 14.5. The van der Waals surface area contributed by atoms with Gasteiger partial charge < -0.3 is 15.0 Å². The van der Waals surface area contributed by atoms with Gasteiger partial charge in [0.15, 0.2) is 0 Å². The van der Waals surface area contributed by atoms with Crippen LogP contribution in [0, 0.1) is 0 Å². The van der Waals surface area contributed by atoms with E-state index >= 15 is 0 Å². The summed E-state index contributed by atoms with van der Waals surface area (Å²) >= 11 is 12.0. The standard InChI is InChI=1S/C19H15Cl2N3O4/c20-11-2-3-13(14(21)8-11)17(25)23-6-5-12(9-23)24-16-7-10(18(26)27)1-4-15(16)22-19(24)28/h1-4,7-8,12H,5-6,9H2,(H,22,28)(H,26,27)/t12-/m0/s1. The molecule has 28 heavy (non-hydrogen) atoms. The molecule has 0 aliphatic carbocycles. The van der Waals surface area contributed by atoms with Crippen LogP contribution in [0.4, 0.5) is 0 Å². The maximum atomic E-state index is 12.8. The number of hydrogen-bond acceptors (Lipinski definition) is 3. The number of carboxylic acids is 1. The Morgan fingerprint density at radius 1 is 1.14 bits per heavy atom. The molecule has 1 fully saturated rings. The minimum Gasteiger partial charge on any atom is -0.478 e. The van der Waals surface area contributed by atoms with Gasteiger partial charge in [0.1, 0.15) is 0 Å². The third kappa shape index (κ3) is 3.16. The van der Waals surface area contributed by atoms with Gasteiger partial charge in [-0.15, -0.1) is 0 Å². The number of benzene rings is 2. The summed E-state index contributed by atoms with van der Waals surface area (Å²) in [6, 6.07) is 8.92. The van der Waals surface area contributed by atoms with Gasteiger partial charge in [-0.05, 0) is 42.8 Å². The van der Waals surface area contributed by atoms with Gasteiger partial charge in [0.2, 0.25) is 0 Å². The fourth-order valence-electron chi connectivity index (χ4n) is 3.59. The van der Waals surface area contributed by atoms with Gasteiger partial charge in [-0.3, -0.25) is 9.36 Å². The maximum Gasteiger partial charge on any atom is 0.335 e. The molecule has 1 saturated heterocycles. The number of halogens is 2. The summed E-state index contributed by atoms with van der Waals surface area (Å²) < 4.78 is 1.53. The molecule has 2 aromatic carbocycles. The fourth-order valence-corrected chi connectivity index (χ4v) is 4.08. The number of aromatic nitrogens is 2. The molecule has 9 heteroatoms. The Bertz CT molecular complexity index is 1170. The molecule has 1 aromatic heterocycles. The summed E-state index contributed by atoms with van der Waals surface area (Å²) in [4.78, 5) is 40.9. The lowest BCUT2D eigenvalue weighted by Crippen LogP contribution is -2.31. The zero-order chi connectivity index (χ0) is 20.0. The van der Waals surface area contributed by atoms with E-state index in [2.05, 4.69) is 4.98 Å². The number of hydrogen-bond donors (Lipinski definition) is 2. The number of nitrogens with zero attached hydrogens (tertiary/aromatic N) is 2. The van der Waals surface area contributed by atoms with Crippen LogP contribution in [0.25, 0.3) is 11.0 Å². The van der Waals surface area contributed by atoms with Crippen LogP contribution in [0.5, 0.6) is 0 Å². The van der Waals surface area contributed by atoms with E-state index in [4.69, 9.17) is 23.2 Å². The van der Waals surface area contributed by atoms with E-state index in [0.717, 1.165) is 0 Å². The highest BCUT2D eigenvalue weighted by molar-refractivity contribution is 6.36. The third-order valence-electron chi connectivity index (χ3n) is 4.94. The lowest BCUT2D eigenvalue weighted by molar-refractivity contribution is 0.0696. The van der Waals surface area contributed by atoms with Crippen molar-refractivity contribution in [3.63, 3.8) is 0 Å². The van der Waals surface area contributed by atoms with Gasteiger partial charge in [-0.25, -0.2) is 9.59 Å². The lowest BCUT2D eigenvalue weighted by Gasteiger charge is -2.18. The van der Waals surface area contributed by atoms with Crippen molar-refractivity contribution in [2.75, 3.05) is 13.1 Å². The number of carbonyl (C=O) groups is 2. The molecule has 2 heterocycles. The molecule has 1 atom stereocenters. The number of imidazole rings is 1. The van der Waals surface area contributed by atoms with E-state index in [-0.39, 0.29) is 28.2 Å². The molecule has 4 rings (SSSR count). The number of carboxylic acid groups (broad SMARTS) is 1. The zero-order valence-corrected chi connectivity index (χ0v) is 16.0. The largest absolute Gasteiger partial charge is 0.478 e. The number of rotatable bonds is 3. The van der Waals surface area contributed by atoms with Crippen LogP contribution in [-0.4, -0.2) is 44.5 Å². The van der Waals surface area contributed by atoms with Gasteiger partial charge in [0, 0.05) is 18.1 Å². The van der Waals surface area contributed by atoms with Crippen LogP contribution >= 0.6 is 23.2 Å². The number of nitrogens with one attached hydrogen (secondary N) is 1. The Balaban J connectivity index is 1.65. The molecule has 0 radical (unpaired) electrons. The van der Waals surface area contributed by atoms with Crippen LogP contribution < -0.4 is 5.69 Å². The summed E-state index contributed by atoms with van der Waals surface area (Å²) in [5.74, 6) is -1.30. The summed E-state index contributed by atoms with van der Waals surface area (Å²) in [5, 5.41) is 9.94. The van der Waals surface area contributed by atoms with Crippen molar-refractivity contribution in [2.45, 2.75) is 12.5 Å².